The number of rotatable bonds is 5. The minimum atomic E-state index is 0.162. The third-order valence-corrected chi connectivity index (χ3v) is 4.49. The monoisotopic (exact) mass is 299 g/mol. The fourth-order valence-corrected chi connectivity index (χ4v) is 2.76. The third-order valence-electron chi connectivity index (χ3n) is 4.29. The van der Waals surface area contributed by atoms with E-state index in [1.165, 1.54) is 12.8 Å². The molecule has 0 unspecified atom stereocenters. The normalized spacial score (nSPS) is 18.0. The van der Waals surface area contributed by atoms with Crippen LogP contribution in [0.15, 0.2) is 0 Å². The fraction of sp³-hybridized carbons (Fsp3) is 0.867. The van der Waals surface area contributed by atoms with E-state index in [0.29, 0.717) is 29.9 Å². The molecule has 1 aliphatic rings. The van der Waals surface area contributed by atoms with Crippen LogP contribution in [0.2, 0.25) is 0 Å². The van der Waals surface area contributed by atoms with E-state index in [0.717, 1.165) is 19.0 Å². The summed E-state index contributed by atoms with van der Waals surface area (Å²) in [5.41, 5.74) is 5.84. The van der Waals surface area contributed by atoms with Gasteiger partial charge in [-0.1, -0.05) is 33.0 Å². The van der Waals surface area contributed by atoms with Crippen molar-refractivity contribution in [2.75, 3.05) is 33.2 Å². The molecule has 1 fully saturated rings. The Labute approximate surface area is 128 Å². The van der Waals surface area contributed by atoms with E-state index in [2.05, 4.69) is 25.7 Å². The van der Waals surface area contributed by atoms with E-state index >= 15 is 0 Å². The summed E-state index contributed by atoms with van der Waals surface area (Å²) in [7, 11) is 1.82. The number of likely N-dealkylation sites (tertiary alicyclic amines) is 1. The first-order chi connectivity index (χ1) is 9.20. The number of piperidine rings is 1. The fourth-order valence-electron chi connectivity index (χ4n) is 2.67. The van der Waals surface area contributed by atoms with Gasteiger partial charge in [0.25, 0.3) is 0 Å². The smallest absolute Gasteiger partial charge is 0.236 e. The van der Waals surface area contributed by atoms with Crippen LogP contribution in [0.3, 0.4) is 0 Å². The summed E-state index contributed by atoms with van der Waals surface area (Å²) in [5, 5.41) is 0. The molecule has 0 aromatic heterocycles. The van der Waals surface area contributed by atoms with Gasteiger partial charge in [0, 0.05) is 20.0 Å². The quantitative estimate of drug-likeness (QED) is 0.788. The van der Waals surface area contributed by atoms with E-state index in [4.69, 9.17) is 18.0 Å². The van der Waals surface area contributed by atoms with Gasteiger partial charge in [0.05, 0.1) is 11.5 Å². The molecular formula is C15H29N3OS. The topological polar surface area (TPSA) is 49.6 Å². The SMILES string of the molecule is CN(CCC(N)=S)C(=O)CN1CCC(C(C)(C)C)CC1. The Morgan fingerprint density at radius 2 is 1.90 bits per heavy atom. The molecule has 1 saturated heterocycles. The van der Waals surface area contributed by atoms with E-state index in [1.807, 2.05) is 7.05 Å². The van der Waals surface area contributed by atoms with Crippen LogP contribution >= 0.6 is 12.2 Å². The number of hydrogen-bond donors (Lipinski definition) is 1. The number of nitrogens with two attached hydrogens (primary N) is 1. The molecule has 2 N–H and O–H groups in total. The lowest BCUT2D eigenvalue weighted by Crippen LogP contribution is -2.44. The number of thiocarbonyl (C=S) groups is 1. The van der Waals surface area contributed by atoms with Gasteiger partial charge < -0.3 is 10.6 Å². The highest BCUT2D eigenvalue weighted by molar-refractivity contribution is 7.80. The van der Waals surface area contributed by atoms with Gasteiger partial charge in [-0.2, -0.15) is 0 Å². The zero-order valence-corrected chi connectivity index (χ0v) is 14.1. The summed E-state index contributed by atoms with van der Waals surface area (Å²) in [6, 6.07) is 0. The van der Waals surface area contributed by atoms with Gasteiger partial charge >= 0.3 is 0 Å². The lowest BCUT2D eigenvalue weighted by Gasteiger charge is -2.38. The van der Waals surface area contributed by atoms with Gasteiger partial charge in [0.2, 0.25) is 5.91 Å². The number of carbonyl (C=O) groups excluding carboxylic acids is 1. The summed E-state index contributed by atoms with van der Waals surface area (Å²) in [6.45, 7) is 10.1. The molecule has 4 nitrogen and oxygen atoms in total. The minimum Gasteiger partial charge on any atom is -0.393 e. The number of nitrogens with zero attached hydrogens (tertiary/aromatic N) is 2. The average Bonchev–Trinajstić information content (AvgIpc) is 2.35. The van der Waals surface area contributed by atoms with E-state index in [9.17, 15) is 4.79 Å². The molecule has 5 heteroatoms. The van der Waals surface area contributed by atoms with E-state index in [-0.39, 0.29) is 5.91 Å². The molecule has 0 aromatic rings. The Balaban J connectivity index is 2.32. The van der Waals surface area contributed by atoms with Crippen LogP contribution < -0.4 is 5.73 Å². The Morgan fingerprint density at radius 3 is 2.35 bits per heavy atom. The number of hydrogen-bond acceptors (Lipinski definition) is 3. The van der Waals surface area contributed by atoms with Gasteiger partial charge in [0.1, 0.15) is 0 Å². The van der Waals surface area contributed by atoms with Crippen LogP contribution in [-0.4, -0.2) is 53.9 Å². The van der Waals surface area contributed by atoms with Crippen LogP contribution in [-0.2, 0) is 4.79 Å². The molecule has 0 radical (unpaired) electrons. The predicted molar refractivity (Wildman–Crippen MR) is 87.7 cm³/mol. The van der Waals surface area contributed by atoms with Crippen molar-refractivity contribution in [3.05, 3.63) is 0 Å². The maximum atomic E-state index is 12.1. The molecule has 0 spiro atoms. The molecular weight excluding hydrogens is 270 g/mol. The summed E-state index contributed by atoms with van der Waals surface area (Å²) in [4.78, 5) is 16.6. The van der Waals surface area contributed by atoms with Crippen molar-refractivity contribution in [3.63, 3.8) is 0 Å². The Bertz CT molecular complexity index is 344. The van der Waals surface area contributed by atoms with Gasteiger partial charge in [-0.3, -0.25) is 9.69 Å². The van der Waals surface area contributed by atoms with Crippen LogP contribution in [0.4, 0.5) is 0 Å². The molecule has 116 valence electrons. The second kappa shape index (κ2) is 7.36. The van der Waals surface area contributed by atoms with Crippen molar-refractivity contribution in [3.8, 4) is 0 Å². The largest absolute Gasteiger partial charge is 0.393 e. The van der Waals surface area contributed by atoms with Crippen molar-refractivity contribution < 1.29 is 4.79 Å². The Kier molecular flexibility index (Phi) is 6.40. The van der Waals surface area contributed by atoms with Crippen molar-refractivity contribution >= 4 is 23.1 Å². The number of likely N-dealkylation sites (N-methyl/N-ethyl adjacent to an activating group) is 1. The summed E-state index contributed by atoms with van der Waals surface area (Å²) >= 11 is 4.84. The van der Waals surface area contributed by atoms with Crippen molar-refractivity contribution in [1.29, 1.82) is 0 Å². The first kappa shape index (κ1) is 17.4. The molecule has 1 aliphatic heterocycles. The maximum absolute atomic E-state index is 12.1. The van der Waals surface area contributed by atoms with Crippen LogP contribution in [0.25, 0.3) is 0 Å². The standard InChI is InChI=1S/C15H29N3OS/c1-15(2,3)12-5-9-18(10-6-12)11-14(19)17(4)8-7-13(16)20/h12H,5-11H2,1-4H3,(H2,16,20). The average molecular weight is 299 g/mol. The Hall–Kier alpha value is -0.680. The molecule has 0 bridgehead atoms. The molecule has 0 aliphatic carbocycles. The highest BCUT2D eigenvalue weighted by Crippen LogP contribution is 2.34. The molecule has 0 saturated carbocycles. The predicted octanol–water partition coefficient (Wildman–Crippen LogP) is 1.88. The second-order valence-electron chi connectivity index (χ2n) is 6.95. The minimum absolute atomic E-state index is 0.162. The van der Waals surface area contributed by atoms with Crippen LogP contribution in [0.5, 0.6) is 0 Å². The van der Waals surface area contributed by atoms with Gasteiger partial charge in [-0.05, 0) is 37.3 Å². The molecule has 0 aromatic carbocycles. The second-order valence-corrected chi connectivity index (χ2v) is 7.47. The van der Waals surface area contributed by atoms with Gasteiger partial charge in [-0.25, -0.2) is 0 Å². The summed E-state index contributed by atoms with van der Waals surface area (Å²) in [6.07, 6.45) is 2.98. The maximum Gasteiger partial charge on any atom is 0.236 e. The number of amides is 1. The Morgan fingerprint density at radius 1 is 1.35 bits per heavy atom. The first-order valence-corrected chi connectivity index (χ1v) is 7.85. The third kappa shape index (κ3) is 5.75. The van der Waals surface area contributed by atoms with Gasteiger partial charge in [0.15, 0.2) is 0 Å². The molecule has 1 heterocycles. The molecule has 1 rings (SSSR count). The highest BCUT2D eigenvalue weighted by Gasteiger charge is 2.29. The summed E-state index contributed by atoms with van der Waals surface area (Å²) < 4.78 is 0. The van der Waals surface area contributed by atoms with Crippen molar-refractivity contribution in [2.24, 2.45) is 17.1 Å². The van der Waals surface area contributed by atoms with Crippen LogP contribution in [0, 0.1) is 11.3 Å². The summed E-state index contributed by atoms with van der Waals surface area (Å²) in [5.74, 6) is 0.927. The zero-order chi connectivity index (χ0) is 15.3. The molecule has 20 heavy (non-hydrogen) atoms. The van der Waals surface area contributed by atoms with Gasteiger partial charge in [-0.15, -0.1) is 0 Å². The van der Waals surface area contributed by atoms with Crippen LogP contribution in [0.1, 0.15) is 40.0 Å². The van der Waals surface area contributed by atoms with Crippen molar-refractivity contribution in [2.45, 2.75) is 40.0 Å². The number of carbonyl (C=O) groups is 1. The zero-order valence-electron chi connectivity index (χ0n) is 13.3. The van der Waals surface area contributed by atoms with Crippen molar-refractivity contribution in [1.82, 2.24) is 9.80 Å². The van der Waals surface area contributed by atoms with E-state index < -0.39 is 0 Å². The highest BCUT2D eigenvalue weighted by atomic mass is 32.1. The van der Waals surface area contributed by atoms with E-state index in [1.54, 1.807) is 4.90 Å². The molecule has 0 atom stereocenters. The lowest BCUT2D eigenvalue weighted by atomic mass is 9.75. The first-order valence-electron chi connectivity index (χ1n) is 7.44. The lowest BCUT2D eigenvalue weighted by molar-refractivity contribution is -0.131. The molecule has 1 amide bonds.